The fourth-order valence-electron chi connectivity index (χ4n) is 4.21. The van der Waals surface area contributed by atoms with Crippen LogP contribution in [0.2, 0.25) is 0 Å². The van der Waals surface area contributed by atoms with Crippen molar-refractivity contribution in [1.29, 1.82) is 0 Å². The molecule has 5 heteroatoms. The number of thioether (sulfide) groups is 1. The maximum atomic E-state index is 12.7. The lowest BCUT2D eigenvalue weighted by molar-refractivity contribution is -0.119. The van der Waals surface area contributed by atoms with E-state index in [1.54, 1.807) is 0 Å². The third-order valence-corrected chi connectivity index (χ3v) is 6.55. The van der Waals surface area contributed by atoms with E-state index in [-0.39, 0.29) is 17.7 Å². The van der Waals surface area contributed by atoms with Crippen molar-refractivity contribution in [3.05, 3.63) is 96.1 Å². The minimum Gasteiger partial charge on any atom is -0.431 e. The topological polar surface area (TPSA) is 55.1 Å². The Kier molecular flexibility index (Phi) is 6.08. The number of carbonyl (C=O) groups excluding carboxylic acids is 1. The summed E-state index contributed by atoms with van der Waals surface area (Å²) in [5.74, 6) is 0.986. The summed E-state index contributed by atoms with van der Waals surface area (Å²) in [5, 5.41) is 3.70. The number of oxazole rings is 1. The summed E-state index contributed by atoms with van der Waals surface area (Å²) in [6.45, 7) is 0. The lowest BCUT2D eigenvalue weighted by Crippen LogP contribution is -2.32. The summed E-state index contributed by atoms with van der Waals surface area (Å²) in [4.78, 5) is 17.5. The zero-order valence-electron chi connectivity index (χ0n) is 17.7. The molecule has 1 amide bonds. The number of hydrogen-bond donors (Lipinski definition) is 1. The fourth-order valence-corrected chi connectivity index (χ4v) is 4.84. The second-order valence-electron chi connectivity index (χ2n) is 7.89. The molecule has 1 N–H and O–H groups in total. The fraction of sp³-hybridized carbons (Fsp3) is 0.185. The van der Waals surface area contributed by atoms with Crippen molar-refractivity contribution in [3.8, 4) is 22.6 Å². The molecular formula is C27H24N2O2S. The summed E-state index contributed by atoms with van der Waals surface area (Å²) >= 11 is 1.33. The third-order valence-electron chi connectivity index (χ3n) is 5.72. The van der Waals surface area contributed by atoms with Gasteiger partial charge in [0.2, 0.25) is 5.91 Å². The van der Waals surface area contributed by atoms with Gasteiger partial charge in [-0.25, -0.2) is 4.98 Å². The number of nitrogens with zero attached hydrogens (tertiary/aromatic N) is 1. The van der Waals surface area contributed by atoms with Crippen LogP contribution >= 0.6 is 11.8 Å². The Morgan fingerprint density at radius 3 is 2.41 bits per heavy atom. The highest BCUT2D eigenvalue weighted by molar-refractivity contribution is 7.99. The molecule has 5 rings (SSSR count). The molecule has 32 heavy (non-hydrogen) atoms. The van der Waals surface area contributed by atoms with Gasteiger partial charge in [0.25, 0.3) is 5.22 Å². The number of rotatable bonds is 6. The number of benzene rings is 3. The Morgan fingerprint density at radius 1 is 0.938 bits per heavy atom. The minimum absolute atomic E-state index is 0.00238. The number of aryl methyl sites for hydroxylation is 1. The van der Waals surface area contributed by atoms with Crippen molar-refractivity contribution in [3.63, 3.8) is 0 Å². The van der Waals surface area contributed by atoms with Crippen molar-refractivity contribution < 1.29 is 9.21 Å². The van der Waals surface area contributed by atoms with Crippen LogP contribution in [0.1, 0.15) is 30.0 Å². The summed E-state index contributed by atoms with van der Waals surface area (Å²) in [7, 11) is 0. The van der Waals surface area contributed by atoms with Gasteiger partial charge in [0, 0.05) is 11.1 Å². The summed E-state index contributed by atoms with van der Waals surface area (Å²) in [6, 6.07) is 28.4. The van der Waals surface area contributed by atoms with Crippen LogP contribution in [0.4, 0.5) is 0 Å². The van der Waals surface area contributed by atoms with E-state index in [0.29, 0.717) is 5.22 Å². The third kappa shape index (κ3) is 4.48. The van der Waals surface area contributed by atoms with Gasteiger partial charge in [-0.15, -0.1) is 0 Å². The van der Waals surface area contributed by atoms with E-state index in [1.807, 2.05) is 66.7 Å². The van der Waals surface area contributed by atoms with Gasteiger partial charge in [-0.2, -0.15) is 0 Å². The molecule has 0 saturated heterocycles. The van der Waals surface area contributed by atoms with Crippen LogP contribution in [0.25, 0.3) is 22.6 Å². The average Bonchev–Trinajstić information content (AvgIpc) is 3.29. The van der Waals surface area contributed by atoms with Crippen LogP contribution < -0.4 is 5.32 Å². The molecule has 0 aliphatic heterocycles. The molecule has 160 valence electrons. The average molecular weight is 441 g/mol. The maximum Gasteiger partial charge on any atom is 0.257 e. The first-order valence-corrected chi connectivity index (χ1v) is 11.9. The number of nitrogens with one attached hydrogen (secondary N) is 1. The van der Waals surface area contributed by atoms with E-state index in [4.69, 9.17) is 9.40 Å². The second kappa shape index (κ2) is 9.45. The SMILES string of the molecule is O=C(CSc1nc(-c2ccccc2)c(-c2ccccc2)o1)NC1CCCc2ccccc21. The van der Waals surface area contributed by atoms with E-state index in [1.165, 1.54) is 22.9 Å². The van der Waals surface area contributed by atoms with E-state index < -0.39 is 0 Å². The van der Waals surface area contributed by atoms with Crippen LogP contribution in [0.3, 0.4) is 0 Å². The van der Waals surface area contributed by atoms with Gasteiger partial charge < -0.3 is 9.73 Å². The number of hydrogen-bond acceptors (Lipinski definition) is 4. The van der Waals surface area contributed by atoms with Gasteiger partial charge in [0.15, 0.2) is 5.76 Å². The first-order valence-electron chi connectivity index (χ1n) is 10.9. The first-order chi connectivity index (χ1) is 15.8. The molecule has 4 aromatic rings. The maximum absolute atomic E-state index is 12.7. The van der Waals surface area contributed by atoms with E-state index in [9.17, 15) is 4.79 Å². The van der Waals surface area contributed by atoms with Gasteiger partial charge in [-0.1, -0.05) is 96.7 Å². The van der Waals surface area contributed by atoms with Crippen molar-refractivity contribution >= 4 is 17.7 Å². The summed E-state index contributed by atoms with van der Waals surface area (Å²) in [5.41, 5.74) is 5.33. The second-order valence-corrected chi connectivity index (χ2v) is 8.82. The van der Waals surface area contributed by atoms with E-state index in [2.05, 4.69) is 23.5 Å². The molecule has 0 fully saturated rings. The predicted molar refractivity (Wildman–Crippen MR) is 128 cm³/mol. The summed E-state index contributed by atoms with van der Waals surface area (Å²) < 4.78 is 6.12. The smallest absolute Gasteiger partial charge is 0.257 e. The van der Waals surface area contributed by atoms with Gasteiger partial charge in [-0.3, -0.25) is 4.79 Å². The Labute approximate surface area is 192 Å². The molecule has 1 unspecified atom stereocenters. The van der Waals surface area contributed by atoms with Gasteiger partial charge in [-0.05, 0) is 30.4 Å². The Bertz CT molecular complexity index is 1150. The van der Waals surface area contributed by atoms with Crippen LogP contribution in [0.15, 0.2) is 94.6 Å². The van der Waals surface area contributed by atoms with Crippen LogP contribution in [-0.4, -0.2) is 16.6 Å². The van der Waals surface area contributed by atoms with Gasteiger partial charge in [0.1, 0.15) is 5.69 Å². The Hall–Kier alpha value is -3.31. The molecule has 1 aliphatic carbocycles. The van der Waals surface area contributed by atoms with Crippen molar-refractivity contribution in [1.82, 2.24) is 10.3 Å². The molecule has 4 nitrogen and oxygen atoms in total. The van der Waals surface area contributed by atoms with Crippen molar-refractivity contribution in [2.45, 2.75) is 30.5 Å². The molecule has 3 aromatic carbocycles. The molecule has 0 saturated carbocycles. The highest BCUT2D eigenvalue weighted by Crippen LogP contribution is 2.35. The highest BCUT2D eigenvalue weighted by Gasteiger charge is 2.22. The highest BCUT2D eigenvalue weighted by atomic mass is 32.2. The number of carbonyl (C=O) groups is 1. The predicted octanol–water partition coefficient (Wildman–Crippen LogP) is 6.29. The molecule has 0 spiro atoms. The van der Waals surface area contributed by atoms with Gasteiger partial charge >= 0.3 is 0 Å². The quantitative estimate of drug-likeness (QED) is 0.358. The van der Waals surface area contributed by atoms with E-state index >= 15 is 0 Å². The molecule has 0 bridgehead atoms. The van der Waals surface area contributed by atoms with E-state index in [0.717, 1.165) is 41.8 Å². The Morgan fingerprint density at radius 2 is 1.62 bits per heavy atom. The van der Waals surface area contributed by atoms with Crippen LogP contribution in [-0.2, 0) is 11.2 Å². The summed E-state index contributed by atoms with van der Waals surface area (Å²) in [6.07, 6.45) is 3.15. The van der Waals surface area contributed by atoms with Crippen LogP contribution in [0.5, 0.6) is 0 Å². The largest absolute Gasteiger partial charge is 0.431 e. The lowest BCUT2D eigenvalue weighted by Gasteiger charge is -2.26. The monoisotopic (exact) mass is 440 g/mol. The molecule has 1 aromatic heterocycles. The number of amides is 1. The normalized spacial score (nSPS) is 15.2. The van der Waals surface area contributed by atoms with Crippen LogP contribution in [0, 0.1) is 0 Å². The minimum atomic E-state index is -0.00238. The molecule has 1 aliphatic rings. The van der Waals surface area contributed by atoms with Crippen molar-refractivity contribution in [2.24, 2.45) is 0 Å². The lowest BCUT2D eigenvalue weighted by atomic mass is 9.88. The number of fused-ring (bicyclic) bond motifs is 1. The number of aromatic nitrogens is 1. The molecule has 0 radical (unpaired) electrons. The van der Waals surface area contributed by atoms with Crippen molar-refractivity contribution in [2.75, 3.05) is 5.75 Å². The molecule has 1 heterocycles. The first kappa shape index (κ1) is 20.6. The Balaban J connectivity index is 1.32. The molecule has 1 atom stereocenters. The zero-order chi connectivity index (χ0) is 21.8. The molecular weight excluding hydrogens is 416 g/mol. The van der Waals surface area contributed by atoms with Gasteiger partial charge in [0.05, 0.1) is 11.8 Å². The zero-order valence-corrected chi connectivity index (χ0v) is 18.5. The standard InChI is InChI=1S/C27H24N2O2S/c30-24(28-23-17-9-15-19-10-7-8-16-22(19)23)18-32-27-29-25(20-11-3-1-4-12-20)26(31-27)21-13-5-2-6-14-21/h1-8,10-14,16,23H,9,15,17-18H2,(H,28,30).